The Labute approximate surface area is 175 Å². The third-order valence-corrected chi connectivity index (χ3v) is 5.90. The summed E-state index contributed by atoms with van der Waals surface area (Å²) in [4.78, 5) is 16.3. The fourth-order valence-corrected chi connectivity index (χ4v) is 4.29. The number of nitrogens with one attached hydrogen (secondary N) is 1. The summed E-state index contributed by atoms with van der Waals surface area (Å²) in [5, 5.41) is 12.2. The molecule has 8 nitrogen and oxygen atoms in total. The van der Waals surface area contributed by atoms with Gasteiger partial charge in [-0.1, -0.05) is 20.8 Å². The molecule has 5 heterocycles. The lowest BCUT2D eigenvalue weighted by molar-refractivity contribution is 0.265. The molecule has 1 aliphatic rings. The van der Waals surface area contributed by atoms with Crippen LogP contribution in [0.15, 0.2) is 24.8 Å². The summed E-state index contributed by atoms with van der Waals surface area (Å²) in [6, 6.07) is 2.13. The van der Waals surface area contributed by atoms with E-state index in [4.69, 9.17) is 9.97 Å². The van der Waals surface area contributed by atoms with Crippen LogP contribution in [0.2, 0.25) is 0 Å². The Kier molecular flexibility index (Phi) is 4.58. The monoisotopic (exact) mass is 402 g/mol. The summed E-state index contributed by atoms with van der Waals surface area (Å²) in [5.74, 6) is 0.958. The summed E-state index contributed by atoms with van der Waals surface area (Å²) in [7, 11) is 0. The van der Waals surface area contributed by atoms with Crippen molar-refractivity contribution in [3.05, 3.63) is 47.2 Å². The van der Waals surface area contributed by atoms with Gasteiger partial charge < -0.3 is 0 Å². The SMILES string of the molecule is CCN1CCc2nc(-c3n[nH]c(-c4cc(C)c5ncnn5c4)c3C(C)C)ncc2C1. The quantitative estimate of drug-likeness (QED) is 0.563. The van der Waals surface area contributed by atoms with E-state index < -0.39 is 0 Å². The molecule has 0 unspecified atom stereocenters. The molecule has 1 aliphatic heterocycles. The molecule has 0 fully saturated rings. The standard InChI is InChI=1S/C22H26N8/c1-5-29-7-6-17-16(10-29)9-23-21(26-17)20-18(13(2)3)19(27-28-20)15-8-14(4)22-24-12-25-30(22)11-15/h8-9,11-13H,5-7,10H2,1-4H3,(H,27,28). The van der Waals surface area contributed by atoms with E-state index >= 15 is 0 Å². The maximum atomic E-state index is 4.91. The molecule has 0 bridgehead atoms. The maximum absolute atomic E-state index is 4.91. The van der Waals surface area contributed by atoms with Crippen molar-refractivity contribution in [1.29, 1.82) is 0 Å². The third-order valence-electron chi connectivity index (χ3n) is 5.90. The number of hydrogen-bond donors (Lipinski definition) is 1. The molecule has 5 rings (SSSR count). The van der Waals surface area contributed by atoms with Gasteiger partial charge in [0.25, 0.3) is 0 Å². The maximum Gasteiger partial charge on any atom is 0.180 e. The average Bonchev–Trinajstić information content (AvgIpc) is 3.40. The van der Waals surface area contributed by atoms with Gasteiger partial charge in [0.15, 0.2) is 11.5 Å². The first-order valence-corrected chi connectivity index (χ1v) is 10.5. The highest BCUT2D eigenvalue weighted by atomic mass is 15.3. The van der Waals surface area contributed by atoms with Gasteiger partial charge in [-0.05, 0) is 31.0 Å². The van der Waals surface area contributed by atoms with E-state index in [9.17, 15) is 0 Å². The Bertz CT molecular complexity index is 1220. The van der Waals surface area contributed by atoms with E-state index in [1.165, 1.54) is 5.56 Å². The van der Waals surface area contributed by atoms with Gasteiger partial charge in [-0.2, -0.15) is 10.2 Å². The smallest absolute Gasteiger partial charge is 0.180 e. The summed E-state index contributed by atoms with van der Waals surface area (Å²) < 4.78 is 1.81. The van der Waals surface area contributed by atoms with Crippen LogP contribution in [0.1, 0.15) is 49.1 Å². The molecule has 30 heavy (non-hydrogen) atoms. The second kappa shape index (κ2) is 7.28. The van der Waals surface area contributed by atoms with Crippen LogP contribution < -0.4 is 0 Å². The summed E-state index contributed by atoms with van der Waals surface area (Å²) in [6.07, 6.45) is 6.50. The lowest BCUT2D eigenvalue weighted by Gasteiger charge is -2.26. The molecule has 0 saturated carbocycles. The van der Waals surface area contributed by atoms with Gasteiger partial charge in [-0.25, -0.2) is 19.5 Å². The van der Waals surface area contributed by atoms with Crippen molar-refractivity contribution in [2.75, 3.05) is 13.1 Å². The minimum Gasteiger partial charge on any atom is -0.299 e. The second-order valence-electron chi connectivity index (χ2n) is 8.24. The van der Waals surface area contributed by atoms with E-state index in [-0.39, 0.29) is 5.92 Å². The lowest BCUT2D eigenvalue weighted by atomic mass is 9.96. The van der Waals surface area contributed by atoms with E-state index in [1.807, 2.05) is 23.8 Å². The first kappa shape index (κ1) is 18.9. The van der Waals surface area contributed by atoms with Crippen LogP contribution >= 0.6 is 0 Å². The second-order valence-corrected chi connectivity index (χ2v) is 8.24. The molecule has 4 aromatic heterocycles. The highest BCUT2D eigenvalue weighted by Crippen LogP contribution is 2.35. The van der Waals surface area contributed by atoms with Crippen LogP contribution in [-0.4, -0.2) is 52.8 Å². The zero-order chi connectivity index (χ0) is 20.8. The average molecular weight is 403 g/mol. The Balaban J connectivity index is 1.60. The van der Waals surface area contributed by atoms with Gasteiger partial charge in [0.1, 0.15) is 12.0 Å². The van der Waals surface area contributed by atoms with Gasteiger partial charge in [0.05, 0.1) is 11.4 Å². The molecule has 8 heteroatoms. The highest BCUT2D eigenvalue weighted by Gasteiger charge is 2.24. The summed E-state index contributed by atoms with van der Waals surface area (Å²) in [6.45, 7) is 11.6. The lowest BCUT2D eigenvalue weighted by Crippen LogP contribution is -2.31. The zero-order valence-electron chi connectivity index (χ0n) is 17.8. The number of aryl methyl sites for hydroxylation is 1. The van der Waals surface area contributed by atoms with Crippen molar-refractivity contribution in [3.63, 3.8) is 0 Å². The molecule has 0 aliphatic carbocycles. The molecule has 0 spiro atoms. The first-order chi connectivity index (χ1) is 14.5. The minimum atomic E-state index is 0.260. The predicted octanol–water partition coefficient (Wildman–Crippen LogP) is 3.39. The number of pyridine rings is 1. The Morgan fingerprint density at radius 3 is 2.90 bits per heavy atom. The predicted molar refractivity (Wildman–Crippen MR) is 115 cm³/mol. The van der Waals surface area contributed by atoms with Crippen molar-refractivity contribution in [2.24, 2.45) is 0 Å². The molecule has 0 aromatic carbocycles. The van der Waals surface area contributed by atoms with Gasteiger partial charge >= 0.3 is 0 Å². The van der Waals surface area contributed by atoms with Crippen molar-refractivity contribution in [3.8, 4) is 22.8 Å². The number of H-pyrrole nitrogens is 1. The van der Waals surface area contributed by atoms with Crippen molar-refractivity contribution >= 4 is 5.65 Å². The third kappa shape index (κ3) is 3.08. The highest BCUT2D eigenvalue weighted by molar-refractivity contribution is 5.73. The fraction of sp³-hybridized carbons (Fsp3) is 0.409. The molecule has 0 amide bonds. The molecular weight excluding hydrogens is 376 g/mol. The van der Waals surface area contributed by atoms with Crippen molar-refractivity contribution in [1.82, 2.24) is 39.7 Å². The normalized spacial score (nSPS) is 14.6. The fourth-order valence-electron chi connectivity index (χ4n) is 4.29. The Hall–Kier alpha value is -3.13. The van der Waals surface area contributed by atoms with Gasteiger partial charge in [0, 0.05) is 48.6 Å². The Morgan fingerprint density at radius 1 is 1.23 bits per heavy atom. The number of aromatic nitrogens is 7. The van der Waals surface area contributed by atoms with E-state index in [1.54, 1.807) is 6.33 Å². The summed E-state index contributed by atoms with van der Waals surface area (Å²) >= 11 is 0. The topological polar surface area (TPSA) is 87.9 Å². The first-order valence-electron chi connectivity index (χ1n) is 10.5. The van der Waals surface area contributed by atoms with Gasteiger partial charge in [0.2, 0.25) is 0 Å². The summed E-state index contributed by atoms with van der Waals surface area (Å²) in [5.41, 5.74) is 8.27. The molecule has 0 radical (unpaired) electrons. The van der Waals surface area contributed by atoms with E-state index in [2.05, 4.69) is 52.0 Å². The number of hydrogen-bond acceptors (Lipinski definition) is 6. The number of fused-ring (bicyclic) bond motifs is 2. The van der Waals surface area contributed by atoms with Crippen molar-refractivity contribution < 1.29 is 0 Å². The van der Waals surface area contributed by atoms with Crippen LogP contribution in [0.4, 0.5) is 0 Å². The Morgan fingerprint density at radius 2 is 2.10 bits per heavy atom. The van der Waals surface area contributed by atoms with E-state index in [0.29, 0.717) is 5.82 Å². The molecule has 0 atom stereocenters. The van der Waals surface area contributed by atoms with Crippen LogP contribution in [0.3, 0.4) is 0 Å². The zero-order valence-corrected chi connectivity index (χ0v) is 17.8. The minimum absolute atomic E-state index is 0.260. The van der Waals surface area contributed by atoms with Crippen molar-refractivity contribution in [2.45, 2.75) is 46.6 Å². The van der Waals surface area contributed by atoms with Gasteiger partial charge in [-0.3, -0.25) is 10.00 Å². The van der Waals surface area contributed by atoms with Gasteiger partial charge in [-0.15, -0.1) is 0 Å². The molecule has 154 valence electrons. The molecule has 0 saturated heterocycles. The van der Waals surface area contributed by atoms with Crippen LogP contribution in [0.25, 0.3) is 28.4 Å². The number of likely N-dealkylation sites (N-methyl/N-ethyl adjacent to an activating group) is 1. The molecular formula is C22H26N8. The number of aromatic amines is 1. The largest absolute Gasteiger partial charge is 0.299 e. The van der Waals surface area contributed by atoms with Crippen LogP contribution in [0, 0.1) is 6.92 Å². The number of nitrogens with zero attached hydrogens (tertiary/aromatic N) is 7. The van der Waals surface area contributed by atoms with E-state index in [0.717, 1.165) is 65.5 Å². The molecule has 1 N–H and O–H groups in total. The van der Waals surface area contributed by atoms with Crippen LogP contribution in [-0.2, 0) is 13.0 Å². The number of rotatable bonds is 4. The van der Waals surface area contributed by atoms with Crippen LogP contribution in [0.5, 0.6) is 0 Å². The molecule has 4 aromatic rings.